The van der Waals surface area contributed by atoms with Crippen LogP contribution in [0.15, 0.2) is 23.8 Å². The zero-order valence-electron chi connectivity index (χ0n) is 16.6. The number of alkyl halides is 1. The topological polar surface area (TPSA) is 94.8 Å². The van der Waals surface area contributed by atoms with E-state index in [1.54, 1.807) is 12.2 Å². The predicted octanol–water partition coefficient (Wildman–Crippen LogP) is 2.32. The van der Waals surface area contributed by atoms with Gasteiger partial charge in [-0.1, -0.05) is 48.4 Å². The minimum atomic E-state index is -1.64. The van der Waals surface area contributed by atoms with Gasteiger partial charge in [-0.2, -0.15) is 0 Å². The van der Waals surface area contributed by atoms with Gasteiger partial charge in [0.1, 0.15) is 12.2 Å². The van der Waals surface area contributed by atoms with E-state index in [-0.39, 0.29) is 30.0 Å². The summed E-state index contributed by atoms with van der Waals surface area (Å²) < 4.78 is -0.668. The molecule has 0 heterocycles. The molecule has 0 aliphatic heterocycles. The molecule has 28 heavy (non-hydrogen) atoms. The molecule has 4 aliphatic rings. The Bertz CT molecular complexity index is 805. The Kier molecular flexibility index (Phi) is 4.45. The Balaban J connectivity index is 1.84. The van der Waals surface area contributed by atoms with Gasteiger partial charge in [0, 0.05) is 10.8 Å². The molecule has 0 aromatic carbocycles. The third-order valence-electron chi connectivity index (χ3n) is 8.79. The SMILES string of the molecule is C[C@@H]1C[C@H]2[C@@H]3CCC4=CC(=O)C=C[C@]4(C)[C@@]3(Br)[C@@H](O)C[C@]2(C)[C@@]1(O)C(=O)CO. The van der Waals surface area contributed by atoms with E-state index in [4.69, 9.17) is 0 Å². The van der Waals surface area contributed by atoms with Crippen LogP contribution >= 0.6 is 15.9 Å². The fourth-order valence-corrected chi connectivity index (χ4v) is 8.36. The van der Waals surface area contributed by atoms with Gasteiger partial charge < -0.3 is 15.3 Å². The van der Waals surface area contributed by atoms with E-state index in [9.17, 15) is 24.9 Å². The molecule has 3 N–H and O–H groups in total. The molecule has 0 amide bonds. The molecule has 5 nitrogen and oxygen atoms in total. The van der Waals surface area contributed by atoms with Gasteiger partial charge in [-0.3, -0.25) is 9.59 Å². The van der Waals surface area contributed by atoms with Crippen LogP contribution < -0.4 is 0 Å². The van der Waals surface area contributed by atoms with E-state index in [2.05, 4.69) is 22.9 Å². The van der Waals surface area contributed by atoms with Crippen LogP contribution in [0.4, 0.5) is 0 Å². The normalized spacial score (nSPS) is 52.5. The van der Waals surface area contributed by atoms with Crippen molar-refractivity contribution in [2.75, 3.05) is 6.61 Å². The molecule has 0 unspecified atom stereocenters. The maximum absolute atomic E-state index is 12.6. The first-order chi connectivity index (χ1) is 13.0. The monoisotopic (exact) mass is 452 g/mol. The van der Waals surface area contributed by atoms with Gasteiger partial charge in [-0.05, 0) is 55.6 Å². The Morgan fingerprint density at radius 2 is 2.00 bits per heavy atom. The lowest BCUT2D eigenvalue weighted by atomic mass is 9.46. The number of Topliss-reactive ketones (excluding diaryl/α,β-unsaturated/α-hetero) is 1. The van der Waals surface area contributed by atoms with Crippen LogP contribution in [0.3, 0.4) is 0 Å². The Morgan fingerprint density at radius 3 is 2.64 bits per heavy atom. The maximum atomic E-state index is 12.6. The number of fused-ring (bicyclic) bond motifs is 5. The quantitative estimate of drug-likeness (QED) is 0.558. The second kappa shape index (κ2) is 6.10. The Hall–Kier alpha value is -0.820. The predicted molar refractivity (Wildman–Crippen MR) is 108 cm³/mol. The van der Waals surface area contributed by atoms with Gasteiger partial charge >= 0.3 is 0 Å². The van der Waals surface area contributed by atoms with Crippen LogP contribution in [0.25, 0.3) is 0 Å². The molecule has 0 aromatic heterocycles. The van der Waals surface area contributed by atoms with Crippen molar-refractivity contribution in [3.63, 3.8) is 0 Å². The zero-order chi connectivity index (χ0) is 20.7. The maximum Gasteiger partial charge on any atom is 0.190 e. The summed E-state index contributed by atoms with van der Waals surface area (Å²) in [7, 11) is 0. The molecule has 154 valence electrons. The van der Waals surface area contributed by atoms with Crippen LogP contribution in [0, 0.1) is 28.6 Å². The smallest absolute Gasteiger partial charge is 0.190 e. The van der Waals surface area contributed by atoms with Crippen LogP contribution in [-0.2, 0) is 9.59 Å². The fourth-order valence-electron chi connectivity index (χ4n) is 7.26. The lowest BCUT2D eigenvalue weighted by Gasteiger charge is -2.64. The van der Waals surface area contributed by atoms with Crippen LogP contribution in [0.2, 0.25) is 0 Å². The first kappa shape index (κ1) is 20.5. The number of aliphatic hydroxyl groups excluding tert-OH is 2. The van der Waals surface area contributed by atoms with Crippen LogP contribution in [-0.4, -0.2) is 49.5 Å². The number of ketones is 2. The second-order valence-electron chi connectivity index (χ2n) is 9.75. The van der Waals surface area contributed by atoms with Crippen molar-refractivity contribution in [2.24, 2.45) is 28.6 Å². The van der Waals surface area contributed by atoms with E-state index in [0.29, 0.717) is 6.42 Å². The molecule has 4 rings (SSSR count). The minimum absolute atomic E-state index is 0.0189. The molecular formula is C22H29BrO5. The lowest BCUT2D eigenvalue weighted by Crippen LogP contribution is -2.68. The van der Waals surface area contributed by atoms with E-state index >= 15 is 0 Å². The van der Waals surface area contributed by atoms with Gasteiger partial charge in [-0.25, -0.2) is 0 Å². The van der Waals surface area contributed by atoms with Crippen molar-refractivity contribution in [1.29, 1.82) is 0 Å². The minimum Gasteiger partial charge on any atom is -0.392 e. The molecule has 3 fully saturated rings. The van der Waals surface area contributed by atoms with Crippen molar-refractivity contribution >= 4 is 27.5 Å². The summed E-state index contributed by atoms with van der Waals surface area (Å²) in [6, 6.07) is 0. The highest BCUT2D eigenvalue weighted by Crippen LogP contribution is 2.71. The second-order valence-corrected chi connectivity index (χ2v) is 11.1. The highest BCUT2D eigenvalue weighted by molar-refractivity contribution is 9.10. The molecule has 3 saturated carbocycles. The first-order valence-electron chi connectivity index (χ1n) is 10.1. The van der Waals surface area contributed by atoms with Crippen molar-refractivity contribution in [3.05, 3.63) is 23.8 Å². The molecule has 8 atom stereocenters. The van der Waals surface area contributed by atoms with Gasteiger partial charge in [-0.15, -0.1) is 0 Å². The molecule has 0 spiro atoms. The highest BCUT2D eigenvalue weighted by Gasteiger charge is 2.74. The Labute approximate surface area is 174 Å². The van der Waals surface area contributed by atoms with Crippen molar-refractivity contribution in [2.45, 2.75) is 62.5 Å². The average molecular weight is 453 g/mol. The summed E-state index contributed by atoms with van der Waals surface area (Å²) in [5.41, 5.74) is -1.92. The van der Waals surface area contributed by atoms with Crippen molar-refractivity contribution in [3.8, 4) is 0 Å². The van der Waals surface area contributed by atoms with Crippen LogP contribution in [0.5, 0.6) is 0 Å². The van der Waals surface area contributed by atoms with Gasteiger partial charge in [0.05, 0.1) is 10.4 Å². The summed E-state index contributed by atoms with van der Waals surface area (Å²) in [6.07, 6.45) is 6.85. The zero-order valence-corrected chi connectivity index (χ0v) is 18.2. The van der Waals surface area contributed by atoms with Gasteiger partial charge in [0.2, 0.25) is 0 Å². The average Bonchev–Trinajstić information content (AvgIpc) is 2.84. The number of carbonyl (C=O) groups is 2. The van der Waals surface area contributed by atoms with E-state index in [0.717, 1.165) is 18.4 Å². The third-order valence-corrected chi connectivity index (χ3v) is 10.7. The number of aliphatic hydroxyl groups is 3. The molecule has 6 heteroatoms. The largest absolute Gasteiger partial charge is 0.392 e. The number of hydrogen-bond acceptors (Lipinski definition) is 5. The van der Waals surface area contributed by atoms with Crippen LogP contribution in [0.1, 0.15) is 46.5 Å². The molecule has 0 bridgehead atoms. The number of allylic oxidation sites excluding steroid dienone is 4. The molecule has 4 aliphatic carbocycles. The van der Waals surface area contributed by atoms with E-state index in [1.807, 2.05) is 19.9 Å². The van der Waals surface area contributed by atoms with E-state index in [1.165, 1.54) is 0 Å². The number of halogens is 1. The van der Waals surface area contributed by atoms with Gasteiger partial charge in [0.25, 0.3) is 0 Å². The molecule has 0 radical (unpaired) electrons. The molecular weight excluding hydrogens is 424 g/mol. The number of rotatable bonds is 2. The fraction of sp³-hybridized carbons (Fsp3) is 0.727. The number of hydrogen-bond donors (Lipinski definition) is 3. The molecule has 0 saturated heterocycles. The lowest BCUT2D eigenvalue weighted by molar-refractivity contribution is -0.178. The highest BCUT2D eigenvalue weighted by atomic mass is 79.9. The summed E-state index contributed by atoms with van der Waals surface area (Å²) in [4.78, 5) is 24.6. The van der Waals surface area contributed by atoms with E-state index < -0.39 is 39.2 Å². The van der Waals surface area contributed by atoms with Gasteiger partial charge in [0.15, 0.2) is 11.6 Å². The molecule has 0 aromatic rings. The van der Waals surface area contributed by atoms with Crippen molar-refractivity contribution in [1.82, 2.24) is 0 Å². The summed E-state index contributed by atoms with van der Waals surface area (Å²) in [5, 5.41) is 32.5. The summed E-state index contributed by atoms with van der Waals surface area (Å²) in [6.45, 7) is 5.14. The summed E-state index contributed by atoms with van der Waals surface area (Å²) >= 11 is 3.96. The standard InChI is InChI=1S/C22H29BrO5/c1-12-8-16-15-5-4-13-9-14(25)6-7-19(13,2)21(15,23)17(26)10-20(16,3)22(12,28)18(27)11-24/h6-7,9,12,15-17,24,26,28H,4-5,8,10-11H2,1-3H3/t12-,15+,16+,17+,19+,20+,21+,22+/m1/s1. The Morgan fingerprint density at radius 1 is 1.32 bits per heavy atom. The number of carbonyl (C=O) groups excluding carboxylic acids is 2. The first-order valence-corrected chi connectivity index (χ1v) is 10.9. The van der Waals surface area contributed by atoms with Crippen molar-refractivity contribution < 1.29 is 24.9 Å². The third kappa shape index (κ3) is 2.13. The summed E-state index contributed by atoms with van der Waals surface area (Å²) in [5.74, 6) is -0.809.